The van der Waals surface area contributed by atoms with Gasteiger partial charge < -0.3 is 19.5 Å². The van der Waals surface area contributed by atoms with E-state index in [1.54, 1.807) is 24.0 Å². The van der Waals surface area contributed by atoms with E-state index in [1.807, 2.05) is 30.3 Å². The molecule has 3 aromatic rings. The van der Waals surface area contributed by atoms with Crippen LogP contribution in [0.15, 0.2) is 47.0 Å². The second kappa shape index (κ2) is 8.41. The lowest BCUT2D eigenvalue weighted by atomic mass is 10.1. The minimum absolute atomic E-state index is 0.0133. The molecule has 2 aliphatic heterocycles. The van der Waals surface area contributed by atoms with E-state index in [0.29, 0.717) is 46.4 Å². The topological polar surface area (TPSA) is 84.7 Å². The molecule has 1 N–H and O–H groups in total. The van der Waals surface area contributed by atoms with Crippen molar-refractivity contribution in [2.24, 2.45) is 0 Å². The zero-order valence-electron chi connectivity index (χ0n) is 17.6. The number of nitrogens with one attached hydrogen (secondary N) is 1. The van der Waals surface area contributed by atoms with Crippen LogP contribution in [0.4, 0.5) is 11.4 Å². The van der Waals surface area contributed by atoms with Crippen molar-refractivity contribution in [2.75, 3.05) is 23.4 Å². The van der Waals surface area contributed by atoms with E-state index in [2.05, 4.69) is 10.5 Å². The molecule has 1 aromatic heterocycles. The summed E-state index contributed by atoms with van der Waals surface area (Å²) >= 11 is 6.31. The van der Waals surface area contributed by atoms with Gasteiger partial charge in [-0.05, 0) is 49.9 Å². The fourth-order valence-electron chi connectivity index (χ4n) is 4.30. The first-order valence-corrected chi connectivity index (χ1v) is 11.0. The Kier molecular flexibility index (Phi) is 5.45. The van der Waals surface area contributed by atoms with Crippen LogP contribution in [0.25, 0.3) is 11.3 Å². The van der Waals surface area contributed by atoms with Crippen molar-refractivity contribution in [3.8, 4) is 11.3 Å². The molecule has 0 aliphatic carbocycles. The summed E-state index contributed by atoms with van der Waals surface area (Å²) in [6.07, 6.45) is 2.05. The molecule has 2 amide bonds. The summed E-state index contributed by atoms with van der Waals surface area (Å²) in [6, 6.07) is 12.8. The van der Waals surface area contributed by atoms with Gasteiger partial charge in [-0.1, -0.05) is 41.0 Å². The monoisotopic (exact) mass is 451 g/mol. The minimum Gasteiger partial charge on any atom is -0.368 e. The first-order chi connectivity index (χ1) is 15.5. The number of nitrogens with zero attached hydrogens (tertiary/aromatic N) is 2. The summed E-state index contributed by atoms with van der Waals surface area (Å²) < 4.78 is 10.9. The third-order valence-electron chi connectivity index (χ3n) is 5.93. The van der Waals surface area contributed by atoms with Gasteiger partial charge in [0.1, 0.15) is 23.1 Å². The number of aryl methyl sites for hydroxylation is 1. The normalized spacial score (nSPS) is 17.4. The van der Waals surface area contributed by atoms with Gasteiger partial charge in [0.25, 0.3) is 11.8 Å². The fourth-order valence-corrected chi connectivity index (χ4v) is 4.53. The van der Waals surface area contributed by atoms with Crippen molar-refractivity contribution < 1.29 is 18.8 Å². The van der Waals surface area contributed by atoms with Crippen LogP contribution < -0.4 is 10.2 Å². The van der Waals surface area contributed by atoms with Gasteiger partial charge in [-0.15, -0.1) is 0 Å². The molecule has 164 valence electrons. The maximum atomic E-state index is 13.2. The van der Waals surface area contributed by atoms with Gasteiger partial charge in [0.05, 0.1) is 5.02 Å². The third-order valence-corrected chi connectivity index (χ3v) is 6.26. The van der Waals surface area contributed by atoms with E-state index in [1.165, 1.54) is 0 Å². The Morgan fingerprint density at radius 3 is 2.84 bits per heavy atom. The zero-order chi connectivity index (χ0) is 22.2. The minimum atomic E-state index is -0.378. The molecule has 5 rings (SSSR count). The van der Waals surface area contributed by atoms with Crippen LogP contribution in [0.2, 0.25) is 5.02 Å². The van der Waals surface area contributed by atoms with Crippen molar-refractivity contribution >= 4 is 34.8 Å². The van der Waals surface area contributed by atoms with Gasteiger partial charge in [-0.2, -0.15) is 0 Å². The van der Waals surface area contributed by atoms with E-state index < -0.39 is 0 Å². The molecule has 7 nitrogen and oxygen atoms in total. The van der Waals surface area contributed by atoms with Gasteiger partial charge in [0.2, 0.25) is 0 Å². The Morgan fingerprint density at radius 1 is 1.22 bits per heavy atom. The van der Waals surface area contributed by atoms with Crippen LogP contribution in [0.1, 0.15) is 34.5 Å². The van der Waals surface area contributed by atoms with Crippen molar-refractivity contribution in [2.45, 2.75) is 32.3 Å². The lowest BCUT2D eigenvalue weighted by Crippen LogP contribution is -2.37. The van der Waals surface area contributed by atoms with E-state index in [9.17, 15) is 9.59 Å². The molecule has 0 bridgehead atoms. The quantitative estimate of drug-likeness (QED) is 0.625. The fraction of sp³-hybridized carbons (Fsp3) is 0.292. The molecular formula is C24H22ClN3O4. The summed E-state index contributed by atoms with van der Waals surface area (Å²) in [5.74, 6) is 0.0306. The Balaban J connectivity index is 1.41. The first kappa shape index (κ1) is 20.7. The molecule has 0 radical (unpaired) electrons. The molecule has 1 saturated heterocycles. The molecule has 1 fully saturated rings. The van der Waals surface area contributed by atoms with Crippen LogP contribution in [0.3, 0.4) is 0 Å². The van der Waals surface area contributed by atoms with Gasteiger partial charge in [0.15, 0.2) is 0 Å². The number of fused-ring (bicyclic) bond motifs is 1. The summed E-state index contributed by atoms with van der Waals surface area (Å²) in [5.41, 5.74) is 3.82. The number of benzene rings is 2. The van der Waals surface area contributed by atoms with Gasteiger partial charge >= 0.3 is 0 Å². The summed E-state index contributed by atoms with van der Waals surface area (Å²) in [6.45, 7) is 2.93. The number of carbonyl (C=O) groups is 2. The van der Waals surface area contributed by atoms with E-state index in [-0.39, 0.29) is 17.9 Å². The number of hydrogen-bond donors (Lipinski definition) is 1. The van der Waals surface area contributed by atoms with Crippen LogP contribution in [-0.2, 0) is 16.0 Å². The average molecular weight is 452 g/mol. The highest BCUT2D eigenvalue weighted by Gasteiger charge is 2.33. The standard InChI is InChI=1S/C24H22ClN3O4/c1-14-21(22(27-32-14)17-5-2-3-6-18(17)25)23(29)26-16-9-8-15-10-11-28(19(15)13-16)24(30)20-7-4-12-31-20/h2-3,5-6,8-9,13,20H,4,7,10-12H2,1H3,(H,26,29). The number of anilines is 2. The molecule has 0 spiro atoms. The van der Waals surface area contributed by atoms with Gasteiger partial charge in [-0.3, -0.25) is 9.59 Å². The first-order valence-electron chi connectivity index (χ1n) is 10.6. The molecular weight excluding hydrogens is 430 g/mol. The Bertz CT molecular complexity index is 1200. The van der Waals surface area contributed by atoms with Crippen molar-refractivity contribution in [1.82, 2.24) is 5.16 Å². The predicted molar refractivity (Wildman–Crippen MR) is 121 cm³/mol. The smallest absolute Gasteiger partial charge is 0.261 e. The predicted octanol–water partition coefficient (Wildman–Crippen LogP) is 4.62. The number of hydrogen-bond acceptors (Lipinski definition) is 5. The van der Waals surface area contributed by atoms with Crippen LogP contribution in [0, 0.1) is 6.92 Å². The Hall–Kier alpha value is -3.16. The second-order valence-electron chi connectivity index (χ2n) is 7.98. The van der Waals surface area contributed by atoms with E-state index in [0.717, 1.165) is 30.5 Å². The lowest BCUT2D eigenvalue weighted by molar-refractivity contribution is -0.127. The highest BCUT2D eigenvalue weighted by molar-refractivity contribution is 6.33. The van der Waals surface area contributed by atoms with Crippen LogP contribution in [-0.4, -0.2) is 36.2 Å². The number of halogens is 1. The Labute approximate surface area is 190 Å². The highest BCUT2D eigenvalue weighted by Crippen LogP contribution is 2.34. The highest BCUT2D eigenvalue weighted by atomic mass is 35.5. The molecule has 2 aliphatic rings. The molecule has 0 saturated carbocycles. The lowest BCUT2D eigenvalue weighted by Gasteiger charge is -2.21. The molecule has 8 heteroatoms. The van der Waals surface area contributed by atoms with Crippen LogP contribution in [0.5, 0.6) is 0 Å². The maximum Gasteiger partial charge on any atom is 0.261 e. The summed E-state index contributed by atoms with van der Waals surface area (Å²) in [7, 11) is 0. The number of amides is 2. The molecule has 1 unspecified atom stereocenters. The number of rotatable bonds is 4. The zero-order valence-corrected chi connectivity index (χ0v) is 18.3. The number of aromatic nitrogens is 1. The van der Waals surface area contributed by atoms with E-state index >= 15 is 0 Å². The molecule has 2 aromatic carbocycles. The summed E-state index contributed by atoms with van der Waals surface area (Å²) in [4.78, 5) is 27.8. The maximum absolute atomic E-state index is 13.2. The van der Waals surface area contributed by atoms with Crippen molar-refractivity contribution in [1.29, 1.82) is 0 Å². The van der Waals surface area contributed by atoms with E-state index in [4.69, 9.17) is 20.9 Å². The van der Waals surface area contributed by atoms with Crippen LogP contribution >= 0.6 is 11.6 Å². The van der Waals surface area contributed by atoms with Gasteiger partial charge in [-0.25, -0.2) is 0 Å². The average Bonchev–Trinajstić information content (AvgIpc) is 3.53. The second-order valence-corrected chi connectivity index (χ2v) is 8.39. The molecule has 32 heavy (non-hydrogen) atoms. The summed E-state index contributed by atoms with van der Waals surface area (Å²) in [5, 5.41) is 7.46. The molecule has 1 atom stereocenters. The van der Waals surface area contributed by atoms with Crippen molar-refractivity contribution in [3.05, 3.63) is 64.4 Å². The Morgan fingerprint density at radius 2 is 2.06 bits per heavy atom. The number of ether oxygens (including phenoxy) is 1. The van der Waals surface area contributed by atoms with Gasteiger partial charge in [0, 0.05) is 30.1 Å². The number of carbonyl (C=O) groups excluding carboxylic acids is 2. The SMILES string of the molecule is Cc1onc(-c2ccccc2Cl)c1C(=O)Nc1ccc2c(c1)N(C(=O)C1CCCO1)CC2. The third kappa shape index (κ3) is 3.67. The van der Waals surface area contributed by atoms with Crippen molar-refractivity contribution in [3.63, 3.8) is 0 Å². The largest absolute Gasteiger partial charge is 0.368 e. The molecule has 3 heterocycles.